The molecule has 0 aliphatic carbocycles. The smallest absolute Gasteiger partial charge is 0.267 e. The van der Waals surface area contributed by atoms with E-state index in [1.54, 1.807) is 42.5 Å². The molecule has 1 amide bonds. The molecule has 156 valence electrons. The summed E-state index contributed by atoms with van der Waals surface area (Å²) in [6, 6.07) is 17.3. The Balaban J connectivity index is 1.50. The fourth-order valence-electron chi connectivity index (χ4n) is 2.69. The van der Waals surface area contributed by atoms with E-state index in [9.17, 15) is 9.59 Å². The number of benzene rings is 2. The molecule has 1 heterocycles. The van der Waals surface area contributed by atoms with Crippen molar-refractivity contribution < 1.29 is 14.3 Å². The van der Waals surface area contributed by atoms with Gasteiger partial charge in [0.15, 0.2) is 0 Å². The molecular weight excluding hydrogens is 406 g/mol. The van der Waals surface area contributed by atoms with Crippen LogP contribution in [0, 0.1) is 0 Å². The lowest BCUT2D eigenvalue weighted by atomic mass is 10.1. The number of nitrogens with zero attached hydrogens (tertiary/aromatic N) is 2. The van der Waals surface area contributed by atoms with Crippen LogP contribution in [0.5, 0.6) is 11.5 Å². The van der Waals surface area contributed by atoms with Gasteiger partial charge in [0.2, 0.25) is 5.91 Å². The topological polar surface area (TPSA) is 82.4 Å². The SMILES string of the molecule is CCOc1ccc(OCCNC(=O)Cn2nc(-c3ccc(Cl)cc3)ccc2=O)cc1. The second-order valence-corrected chi connectivity index (χ2v) is 6.76. The van der Waals surface area contributed by atoms with E-state index >= 15 is 0 Å². The van der Waals surface area contributed by atoms with Crippen LogP contribution in [0.3, 0.4) is 0 Å². The first-order valence-corrected chi connectivity index (χ1v) is 9.89. The normalized spacial score (nSPS) is 10.5. The average Bonchev–Trinajstić information content (AvgIpc) is 2.75. The maximum absolute atomic E-state index is 12.2. The zero-order chi connectivity index (χ0) is 21.3. The summed E-state index contributed by atoms with van der Waals surface area (Å²) < 4.78 is 12.1. The molecule has 3 rings (SSSR count). The molecule has 0 saturated heterocycles. The Hall–Kier alpha value is -3.32. The standard InChI is InChI=1S/C22H22ClN3O4/c1-2-29-18-7-9-19(10-8-18)30-14-13-24-21(27)15-26-22(28)12-11-20(25-26)16-3-5-17(23)6-4-16/h3-12H,2,13-15H2,1H3,(H,24,27). The number of ether oxygens (including phenoxy) is 2. The first kappa shape index (κ1) is 21.4. The lowest BCUT2D eigenvalue weighted by molar-refractivity contribution is -0.122. The van der Waals surface area contributed by atoms with E-state index in [-0.39, 0.29) is 18.0 Å². The number of hydrogen-bond donors (Lipinski definition) is 1. The van der Waals surface area contributed by atoms with Gasteiger partial charge in [0.25, 0.3) is 5.56 Å². The third-order valence-corrected chi connectivity index (χ3v) is 4.38. The second kappa shape index (κ2) is 10.5. The quantitative estimate of drug-likeness (QED) is 0.530. The van der Waals surface area contributed by atoms with Crippen LogP contribution in [-0.2, 0) is 11.3 Å². The molecule has 0 atom stereocenters. The summed E-state index contributed by atoms with van der Waals surface area (Å²) in [5.74, 6) is 1.13. The first-order valence-electron chi connectivity index (χ1n) is 9.51. The van der Waals surface area contributed by atoms with Crippen LogP contribution in [0.25, 0.3) is 11.3 Å². The van der Waals surface area contributed by atoms with Crippen LogP contribution in [0.2, 0.25) is 5.02 Å². The number of rotatable bonds is 9. The van der Waals surface area contributed by atoms with Gasteiger partial charge < -0.3 is 14.8 Å². The Morgan fingerprint density at radius 1 is 1.00 bits per heavy atom. The maximum Gasteiger partial charge on any atom is 0.267 e. The fourth-order valence-corrected chi connectivity index (χ4v) is 2.81. The van der Waals surface area contributed by atoms with Crippen molar-refractivity contribution >= 4 is 17.5 Å². The van der Waals surface area contributed by atoms with Gasteiger partial charge in [-0.2, -0.15) is 5.10 Å². The number of amides is 1. The van der Waals surface area contributed by atoms with Crippen LogP contribution in [-0.4, -0.2) is 35.4 Å². The van der Waals surface area contributed by atoms with Gasteiger partial charge in [0.1, 0.15) is 24.7 Å². The summed E-state index contributed by atoms with van der Waals surface area (Å²) in [6.45, 7) is 2.95. The zero-order valence-corrected chi connectivity index (χ0v) is 17.3. The highest BCUT2D eigenvalue weighted by molar-refractivity contribution is 6.30. The first-order chi connectivity index (χ1) is 14.5. The highest BCUT2D eigenvalue weighted by Crippen LogP contribution is 2.18. The number of carbonyl (C=O) groups is 1. The predicted octanol–water partition coefficient (Wildman–Crippen LogP) is 3.16. The second-order valence-electron chi connectivity index (χ2n) is 6.32. The molecule has 0 unspecified atom stereocenters. The minimum absolute atomic E-state index is 0.177. The van der Waals surface area contributed by atoms with Gasteiger partial charge in [0, 0.05) is 16.7 Å². The maximum atomic E-state index is 12.2. The van der Waals surface area contributed by atoms with Crippen LogP contribution in [0.15, 0.2) is 65.5 Å². The van der Waals surface area contributed by atoms with E-state index in [1.165, 1.54) is 6.07 Å². The van der Waals surface area contributed by atoms with Crippen molar-refractivity contribution in [1.29, 1.82) is 0 Å². The van der Waals surface area contributed by atoms with E-state index in [0.29, 0.717) is 36.2 Å². The molecule has 0 saturated carbocycles. The molecule has 0 spiro atoms. The number of carbonyl (C=O) groups excluding carboxylic acids is 1. The molecule has 0 bridgehead atoms. The molecule has 0 aliphatic heterocycles. The Kier molecular flexibility index (Phi) is 7.45. The molecular formula is C22H22ClN3O4. The van der Waals surface area contributed by atoms with Gasteiger partial charge in [-0.05, 0) is 49.4 Å². The number of nitrogens with one attached hydrogen (secondary N) is 1. The third kappa shape index (κ3) is 6.09. The zero-order valence-electron chi connectivity index (χ0n) is 16.5. The van der Waals surface area contributed by atoms with Gasteiger partial charge in [0.05, 0.1) is 18.8 Å². The van der Waals surface area contributed by atoms with Crippen LogP contribution >= 0.6 is 11.6 Å². The van der Waals surface area contributed by atoms with Crippen molar-refractivity contribution in [2.45, 2.75) is 13.5 Å². The van der Waals surface area contributed by atoms with Gasteiger partial charge in [-0.1, -0.05) is 23.7 Å². The van der Waals surface area contributed by atoms with E-state index in [1.807, 2.05) is 19.1 Å². The van der Waals surface area contributed by atoms with Crippen molar-refractivity contribution in [2.75, 3.05) is 19.8 Å². The van der Waals surface area contributed by atoms with E-state index in [0.717, 1.165) is 16.0 Å². The number of halogens is 1. The van der Waals surface area contributed by atoms with Crippen molar-refractivity contribution in [3.05, 3.63) is 76.0 Å². The molecule has 8 heteroatoms. The fraction of sp³-hybridized carbons (Fsp3) is 0.227. The van der Waals surface area contributed by atoms with Gasteiger partial charge in [-0.3, -0.25) is 9.59 Å². The lowest BCUT2D eigenvalue weighted by Gasteiger charge is -2.10. The van der Waals surface area contributed by atoms with E-state index in [4.69, 9.17) is 21.1 Å². The van der Waals surface area contributed by atoms with Crippen LogP contribution in [0.1, 0.15) is 6.92 Å². The highest BCUT2D eigenvalue weighted by Gasteiger charge is 2.08. The molecule has 2 aromatic carbocycles. The van der Waals surface area contributed by atoms with Crippen molar-refractivity contribution in [3.8, 4) is 22.8 Å². The lowest BCUT2D eigenvalue weighted by Crippen LogP contribution is -2.35. The third-order valence-electron chi connectivity index (χ3n) is 4.13. The van der Waals surface area contributed by atoms with Crippen LogP contribution in [0.4, 0.5) is 0 Å². The Labute approximate surface area is 179 Å². The molecule has 1 N–H and O–H groups in total. The van der Waals surface area contributed by atoms with Crippen molar-refractivity contribution in [2.24, 2.45) is 0 Å². The van der Waals surface area contributed by atoms with Gasteiger partial charge in [-0.25, -0.2) is 4.68 Å². The predicted molar refractivity (Wildman–Crippen MR) is 115 cm³/mol. The van der Waals surface area contributed by atoms with Gasteiger partial charge in [-0.15, -0.1) is 0 Å². The van der Waals surface area contributed by atoms with E-state index in [2.05, 4.69) is 10.4 Å². The minimum Gasteiger partial charge on any atom is -0.494 e. The number of aromatic nitrogens is 2. The molecule has 30 heavy (non-hydrogen) atoms. The summed E-state index contributed by atoms with van der Waals surface area (Å²) in [4.78, 5) is 24.2. The largest absolute Gasteiger partial charge is 0.494 e. The summed E-state index contributed by atoms with van der Waals surface area (Å²) in [6.07, 6.45) is 0. The van der Waals surface area contributed by atoms with E-state index < -0.39 is 0 Å². The highest BCUT2D eigenvalue weighted by atomic mass is 35.5. The molecule has 1 aromatic heterocycles. The average molecular weight is 428 g/mol. The molecule has 0 radical (unpaired) electrons. The Bertz CT molecular complexity index is 1030. The summed E-state index contributed by atoms with van der Waals surface area (Å²) in [5, 5.41) is 7.60. The van der Waals surface area contributed by atoms with Crippen LogP contribution < -0.4 is 20.3 Å². The summed E-state index contributed by atoms with van der Waals surface area (Å²) in [7, 11) is 0. The summed E-state index contributed by atoms with van der Waals surface area (Å²) >= 11 is 5.90. The summed E-state index contributed by atoms with van der Waals surface area (Å²) in [5.41, 5.74) is 1.03. The molecule has 0 aliphatic rings. The Morgan fingerprint density at radius 2 is 1.67 bits per heavy atom. The monoisotopic (exact) mass is 427 g/mol. The number of hydrogen-bond acceptors (Lipinski definition) is 5. The molecule has 7 nitrogen and oxygen atoms in total. The molecule has 0 fully saturated rings. The van der Waals surface area contributed by atoms with Gasteiger partial charge >= 0.3 is 0 Å². The van der Waals surface area contributed by atoms with Crippen molar-refractivity contribution in [3.63, 3.8) is 0 Å². The molecule has 3 aromatic rings. The van der Waals surface area contributed by atoms with Crippen molar-refractivity contribution in [1.82, 2.24) is 15.1 Å². The minimum atomic E-state index is -0.353. The Morgan fingerprint density at radius 3 is 2.33 bits per heavy atom.